The summed E-state index contributed by atoms with van der Waals surface area (Å²) >= 11 is 1.45. The molecule has 3 heterocycles. The van der Waals surface area contributed by atoms with Gasteiger partial charge in [-0.2, -0.15) is 0 Å². The molecular formula is C29H31N3O5S. The van der Waals surface area contributed by atoms with Crippen molar-refractivity contribution in [2.75, 3.05) is 33.9 Å². The van der Waals surface area contributed by atoms with Crippen LogP contribution in [0.15, 0.2) is 70.2 Å². The van der Waals surface area contributed by atoms with Crippen molar-refractivity contribution in [3.05, 3.63) is 76.3 Å². The molecule has 1 atom stereocenters. The molecule has 0 saturated carbocycles. The van der Waals surface area contributed by atoms with Gasteiger partial charge in [0.15, 0.2) is 5.17 Å². The highest BCUT2D eigenvalue weighted by atomic mass is 32.2. The number of methoxy groups -OCH3 is 2. The molecule has 1 saturated heterocycles. The summed E-state index contributed by atoms with van der Waals surface area (Å²) in [5, 5.41) is 2.65. The largest absolute Gasteiger partial charge is 0.497 e. The smallest absolute Gasteiger partial charge is 0.338 e. The number of likely N-dealkylation sites (tertiary alicyclic amines) is 1. The summed E-state index contributed by atoms with van der Waals surface area (Å²) in [6.45, 7) is 3.55. The maximum atomic E-state index is 13.7. The molecule has 0 aromatic heterocycles. The van der Waals surface area contributed by atoms with Gasteiger partial charge in [0.1, 0.15) is 11.5 Å². The van der Waals surface area contributed by atoms with Gasteiger partial charge in [-0.1, -0.05) is 42.1 Å². The summed E-state index contributed by atoms with van der Waals surface area (Å²) in [6, 6.07) is 14.5. The molecule has 0 spiro atoms. The SMILES string of the molecule is CCOC(=O)C1=C(c2ccccc2)N=C2SC=C(CC(=O)N3CCCC3)N2C1c1cc(OC)ccc1OC. The van der Waals surface area contributed by atoms with Crippen LogP contribution in [0.3, 0.4) is 0 Å². The minimum atomic E-state index is -0.644. The Morgan fingerprint density at radius 3 is 2.50 bits per heavy atom. The highest BCUT2D eigenvalue weighted by Gasteiger charge is 2.44. The lowest BCUT2D eigenvalue weighted by molar-refractivity contribution is -0.139. The Labute approximate surface area is 226 Å². The maximum absolute atomic E-state index is 13.7. The van der Waals surface area contributed by atoms with Gasteiger partial charge >= 0.3 is 5.97 Å². The zero-order chi connectivity index (χ0) is 26.6. The minimum absolute atomic E-state index is 0.0717. The second kappa shape index (κ2) is 11.3. The number of carbonyl (C=O) groups excluding carboxylic acids is 2. The van der Waals surface area contributed by atoms with Crippen LogP contribution in [0.4, 0.5) is 0 Å². The summed E-state index contributed by atoms with van der Waals surface area (Å²) in [5.41, 5.74) is 3.23. The van der Waals surface area contributed by atoms with Gasteiger partial charge in [0.2, 0.25) is 5.91 Å². The van der Waals surface area contributed by atoms with Crippen molar-refractivity contribution in [3.8, 4) is 11.5 Å². The van der Waals surface area contributed by atoms with E-state index in [1.165, 1.54) is 11.8 Å². The number of hydrogen-bond donors (Lipinski definition) is 0. The highest BCUT2D eigenvalue weighted by molar-refractivity contribution is 8.16. The molecular weight excluding hydrogens is 502 g/mol. The van der Waals surface area contributed by atoms with Crippen molar-refractivity contribution in [1.29, 1.82) is 0 Å². The van der Waals surface area contributed by atoms with Crippen LogP contribution >= 0.6 is 11.8 Å². The molecule has 2 aromatic rings. The highest BCUT2D eigenvalue weighted by Crippen LogP contribution is 2.49. The van der Waals surface area contributed by atoms with E-state index < -0.39 is 12.0 Å². The van der Waals surface area contributed by atoms with Gasteiger partial charge in [0.05, 0.1) is 44.6 Å². The fourth-order valence-electron chi connectivity index (χ4n) is 5.07. The molecule has 0 bridgehead atoms. The van der Waals surface area contributed by atoms with E-state index in [0.717, 1.165) is 42.8 Å². The third-order valence-electron chi connectivity index (χ3n) is 6.88. The zero-order valence-corrected chi connectivity index (χ0v) is 22.6. The van der Waals surface area contributed by atoms with Gasteiger partial charge in [-0.3, -0.25) is 4.79 Å². The Bertz CT molecular complexity index is 1310. The van der Waals surface area contributed by atoms with E-state index in [-0.39, 0.29) is 18.9 Å². The third-order valence-corrected chi connectivity index (χ3v) is 7.76. The molecule has 9 heteroatoms. The number of esters is 1. The van der Waals surface area contributed by atoms with Crippen molar-refractivity contribution in [2.45, 2.75) is 32.2 Å². The van der Waals surface area contributed by atoms with E-state index in [2.05, 4.69) is 0 Å². The molecule has 5 rings (SSSR count). The quantitative estimate of drug-likeness (QED) is 0.442. The number of amidine groups is 1. The lowest BCUT2D eigenvalue weighted by Crippen LogP contribution is -2.38. The molecule has 0 aliphatic carbocycles. The van der Waals surface area contributed by atoms with E-state index in [1.54, 1.807) is 21.1 Å². The van der Waals surface area contributed by atoms with Gasteiger partial charge in [0, 0.05) is 29.9 Å². The van der Waals surface area contributed by atoms with Crippen LogP contribution in [0.2, 0.25) is 0 Å². The molecule has 8 nitrogen and oxygen atoms in total. The Balaban J connectivity index is 1.69. The van der Waals surface area contributed by atoms with Crippen molar-refractivity contribution in [1.82, 2.24) is 9.80 Å². The monoisotopic (exact) mass is 533 g/mol. The molecule has 1 fully saturated rings. The summed E-state index contributed by atoms with van der Waals surface area (Å²) in [5.74, 6) is 0.821. The van der Waals surface area contributed by atoms with Crippen LogP contribution in [-0.2, 0) is 14.3 Å². The van der Waals surface area contributed by atoms with Crippen molar-refractivity contribution >= 4 is 34.5 Å². The van der Waals surface area contributed by atoms with Gasteiger partial charge in [0.25, 0.3) is 0 Å². The number of benzene rings is 2. The number of amides is 1. The summed E-state index contributed by atoms with van der Waals surface area (Å²) in [6.07, 6.45) is 2.26. The zero-order valence-electron chi connectivity index (χ0n) is 21.8. The number of rotatable bonds is 8. The first-order valence-corrected chi connectivity index (χ1v) is 13.6. The van der Waals surface area contributed by atoms with Gasteiger partial charge in [-0.15, -0.1) is 0 Å². The minimum Gasteiger partial charge on any atom is -0.497 e. The normalized spacial score (nSPS) is 18.7. The maximum Gasteiger partial charge on any atom is 0.338 e. The first-order valence-electron chi connectivity index (χ1n) is 12.8. The van der Waals surface area contributed by atoms with E-state index in [9.17, 15) is 9.59 Å². The Hall–Kier alpha value is -3.72. The third kappa shape index (κ3) is 4.90. The van der Waals surface area contributed by atoms with E-state index in [0.29, 0.717) is 27.9 Å². The van der Waals surface area contributed by atoms with Crippen LogP contribution in [0, 0.1) is 0 Å². The average Bonchev–Trinajstić information content (AvgIpc) is 3.63. The number of nitrogens with zero attached hydrogens (tertiary/aromatic N) is 3. The second-order valence-corrected chi connectivity index (χ2v) is 9.95. The molecule has 38 heavy (non-hydrogen) atoms. The number of thioether (sulfide) groups is 1. The van der Waals surface area contributed by atoms with Gasteiger partial charge in [-0.05, 0) is 43.4 Å². The van der Waals surface area contributed by atoms with E-state index in [1.807, 2.05) is 63.7 Å². The predicted octanol–water partition coefficient (Wildman–Crippen LogP) is 4.99. The number of ether oxygens (including phenoxy) is 3. The van der Waals surface area contributed by atoms with Crippen molar-refractivity contribution in [2.24, 2.45) is 4.99 Å². The number of carbonyl (C=O) groups is 2. The lowest BCUT2D eigenvalue weighted by atomic mass is 9.90. The summed E-state index contributed by atoms with van der Waals surface area (Å²) in [4.78, 5) is 35.8. The Morgan fingerprint density at radius 1 is 1.05 bits per heavy atom. The Morgan fingerprint density at radius 2 is 1.82 bits per heavy atom. The summed E-state index contributed by atoms with van der Waals surface area (Å²) in [7, 11) is 3.20. The lowest BCUT2D eigenvalue weighted by Gasteiger charge is -2.37. The molecule has 1 amide bonds. The van der Waals surface area contributed by atoms with Crippen LogP contribution in [0.5, 0.6) is 11.5 Å². The molecule has 2 aromatic carbocycles. The number of aliphatic imine (C=N–C) groups is 1. The van der Waals surface area contributed by atoms with Gasteiger partial charge < -0.3 is 24.0 Å². The molecule has 0 radical (unpaired) electrons. The van der Waals surface area contributed by atoms with Crippen molar-refractivity contribution < 1.29 is 23.8 Å². The van der Waals surface area contributed by atoms with Crippen molar-refractivity contribution in [3.63, 3.8) is 0 Å². The molecule has 0 N–H and O–H groups in total. The average molecular weight is 534 g/mol. The number of fused-ring (bicyclic) bond motifs is 1. The van der Waals surface area contributed by atoms with E-state index >= 15 is 0 Å². The molecule has 3 aliphatic rings. The molecule has 3 aliphatic heterocycles. The standard InChI is InChI=1S/C29H31N3O5S/c1-4-37-28(34)25-26(19-10-6-5-7-11-19)30-29-32(20(18-38-29)16-24(33)31-14-8-9-15-31)27(25)22-17-21(35-2)12-13-23(22)36-3/h5-7,10-13,17-18,27H,4,8-9,14-16H2,1-3H3. The summed E-state index contributed by atoms with van der Waals surface area (Å²) < 4.78 is 16.9. The number of hydrogen-bond acceptors (Lipinski definition) is 8. The first kappa shape index (κ1) is 25.9. The van der Waals surface area contributed by atoms with Crippen LogP contribution in [-0.4, -0.2) is 60.8 Å². The molecule has 198 valence electrons. The topological polar surface area (TPSA) is 80.7 Å². The first-order chi connectivity index (χ1) is 18.5. The van der Waals surface area contributed by atoms with Crippen LogP contribution < -0.4 is 9.47 Å². The fraction of sp³-hybridized carbons (Fsp3) is 0.345. The fourth-order valence-corrected chi connectivity index (χ4v) is 5.99. The van der Waals surface area contributed by atoms with Gasteiger partial charge in [-0.25, -0.2) is 9.79 Å². The second-order valence-electron chi connectivity index (χ2n) is 9.12. The Kier molecular flexibility index (Phi) is 7.74. The van der Waals surface area contributed by atoms with Crippen LogP contribution in [0.1, 0.15) is 43.4 Å². The predicted molar refractivity (Wildman–Crippen MR) is 148 cm³/mol. The van der Waals surface area contributed by atoms with Crippen LogP contribution in [0.25, 0.3) is 5.70 Å². The molecule has 1 unspecified atom stereocenters. The van der Waals surface area contributed by atoms with E-state index in [4.69, 9.17) is 19.2 Å².